The molecule has 0 N–H and O–H groups in total. The summed E-state index contributed by atoms with van der Waals surface area (Å²) in [6.45, 7) is 1.66. The summed E-state index contributed by atoms with van der Waals surface area (Å²) in [5, 5.41) is 0.678. The molecule has 1 aliphatic rings. The molecule has 2 heterocycles. The van der Waals surface area contributed by atoms with Crippen molar-refractivity contribution in [1.82, 2.24) is 14.9 Å². The minimum Gasteiger partial charge on any atom is -0.301 e. The molecular formula is C14H13Cl2N3. The maximum Gasteiger partial charge on any atom is 0.224 e. The van der Waals surface area contributed by atoms with Gasteiger partial charge in [0.15, 0.2) is 0 Å². The van der Waals surface area contributed by atoms with Crippen molar-refractivity contribution < 1.29 is 0 Å². The Morgan fingerprint density at radius 1 is 1.16 bits per heavy atom. The van der Waals surface area contributed by atoms with Gasteiger partial charge in [-0.15, -0.1) is 0 Å². The van der Waals surface area contributed by atoms with E-state index in [2.05, 4.69) is 34.0 Å². The van der Waals surface area contributed by atoms with Gasteiger partial charge in [0.05, 0.1) is 5.69 Å². The third-order valence-corrected chi connectivity index (χ3v) is 3.90. The van der Waals surface area contributed by atoms with Crippen LogP contribution in [0.4, 0.5) is 0 Å². The predicted molar refractivity (Wildman–Crippen MR) is 76.7 cm³/mol. The van der Waals surface area contributed by atoms with E-state index in [0.717, 1.165) is 24.3 Å². The fourth-order valence-electron chi connectivity index (χ4n) is 2.56. The van der Waals surface area contributed by atoms with E-state index in [-0.39, 0.29) is 11.2 Å². The van der Waals surface area contributed by atoms with E-state index in [1.165, 1.54) is 5.56 Å². The number of fused-ring (bicyclic) bond motifs is 1. The first-order valence-corrected chi connectivity index (χ1v) is 6.86. The van der Waals surface area contributed by atoms with Crippen molar-refractivity contribution >= 4 is 23.2 Å². The van der Waals surface area contributed by atoms with E-state index < -0.39 is 0 Å². The van der Waals surface area contributed by atoms with Crippen molar-refractivity contribution in [1.29, 1.82) is 0 Å². The average Bonchev–Trinajstić information content (AvgIpc) is 2.40. The molecule has 19 heavy (non-hydrogen) atoms. The summed E-state index contributed by atoms with van der Waals surface area (Å²) >= 11 is 12.2. The molecule has 1 unspecified atom stereocenters. The molecule has 1 aliphatic heterocycles. The predicted octanol–water partition coefficient (Wildman–Crippen LogP) is 3.36. The van der Waals surface area contributed by atoms with E-state index in [1.807, 2.05) is 18.2 Å². The van der Waals surface area contributed by atoms with E-state index in [9.17, 15) is 0 Å². The average molecular weight is 294 g/mol. The van der Waals surface area contributed by atoms with Crippen molar-refractivity contribution in [3.8, 4) is 0 Å². The van der Waals surface area contributed by atoms with Crippen LogP contribution in [0, 0.1) is 0 Å². The van der Waals surface area contributed by atoms with Crippen molar-refractivity contribution in [2.45, 2.75) is 12.5 Å². The molecule has 1 aromatic heterocycles. The van der Waals surface area contributed by atoms with Gasteiger partial charge >= 0.3 is 0 Å². The van der Waals surface area contributed by atoms with Crippen LogP contribution in [0.5, 0.6) is 0 Å². The minimum atomic E-state index is 0.188. The van der Waals surface area contributed by atoms with Crippen molar-refractivity contribution in [2.75, 3.05) is 13.6 Å². The van der Waals surface area contributed by atoms with E-state index in [0.29, 0.717) is 5.15 Å². The Labute approximate surface area is 122 Å². The van der Waals surface area contributed by atoms with E-state index in [4.69, 9.17) is 23.2 Å². The molecular weight excluding hydrogens is 281 g/mol. The zero-order chi connectivity index (χ0) is 13.4. The molecule has 0 saturated heterocycles. The summed E-state index contributed by atoms with van der Waals surface area (Å²) in [6, 6.07) is 10.3. The topological polar surface area (TPSA) is 29.0 Å². The molecule has 2 aromatic rings. The second-order valence-electron chi connectivity index (χ2n) is 4.81. The van der Waals surface area contributed by atoms with Gasteiger partial charge in [-0.2, -0.15) is 0 Å². The molecule has 0 fully saturated rings. The summed E-state index contributed by atoms with van der Waals surface area (Å²) in [5.74, 6) is 0.188. The Morgan fingerprint density at radius 3 is 2.63 bits per heavy atom. The van der Waals surface area contributed by atoms with Crippen molar-refractivity contribution in [3.05, 3.63) is 57.6 Å². The highest BCUT2D eigenvalue weighted by molar-refractivity contribution is 6.32. The standard InChI is InChI=1S/C14H13Cl2N3/c1-19-7-10(9-5-3-2-4-6-9)12-11(8-19)13(15)18-14(16)17-12/h2-6,10H,7-8H2,1H3. The second-order valence-corrected chi connectivity index (χ2v) is 5.50. The molecule has 0 bridgehead atoms. The largest absolute Gasteiger partial charge is 0.301 e. The van der Waals surface area contributed by atoms with Gasteiger partial charge in [0.2, 0.25) is 5.28 Å². The van der Waals surface area contributed by atoms with Crippen LogP contribution in [0.15, 0.2) is 30.3 Å². The molecule has 3 nitrogen and oxygen atoms in total. The lowest BCUT2D eigenvalue weighted by Gasteiger charge is -2.31. The number of benzene rings is 1. The van der Waals surface area contributed by atoms with E-state index in [1.54, 1.807) is 0 Å². The molecule has 3 rings (SSSR count). The molecule has 98 valence electrons. The fraction of sp³-hybridized carbons (Fsp3) is 0.286. The number of likely N-dealkylation sites (N-methyl/N-ethyl adjacent to an activating group) is 1. The third-order valence-electron chi connectivity index (χ3n) is 3.42. The summed E-state index contributed by atoms with van der Waals surface area (Å²) in [7, 11) is 2.07. The number of nitrogens with zero attached hydrogens (tertiary/aromatic N) is 3. The van der Waals surface area contributed by atoms with Crippen LogP contribution in [-0.2, 0) is 6.54 Å². The van der Waals surface area contributed by atoms with Gasteiger partial charge < -0.3 is 4.90 Å². The Kier molecular flexibility index (Phi) is 3.44. The van der Waals surface area contributed by atoms with E-state index >= 15 is 0 Å². The normalized spacial score (nSPS) is 19.2. The highest BCUT2D eigenvalue weighted by atomic mass is 35.5. The molecule has 0 amide bonds. The van der Waals surface area contributed by atoms with Crippen molar-refractivity contribution in [2.24, 2.45) is 0 Å². The molecule has 0 spiro atoms. The number of aromatic nitrogens is 2. The quantitative estimate of drug-likeness (QED) is 0.596. The molecule has 0 saturated carbocycles. The lowest BCUT2D eigenvalue weighted by molar-refractivity contribution is 0.291. The van der Waals surface area contributed by atoms with Crippen LogP contribution >= 0.6 is 23.2 Å². The van der Waals surface area contributed by atoms with Crippen LogP contribution in [-0.4, -0.2) is 28.5 Å². The second kappa shape index (κ2) is 5.08. The number of hydrogen-bond acceptors (Lipinski definition) is 3. The zero-order valence-electron chi connectivity index (χ0n) is 10.5. The molecule has 1 atom stereocenters. The Morgan fingerprint density at radius 2 is 1.89 bits per heavy atom. The summed E-state index contributed by atoms with van der Waals surface area (Å²) < 4.78 is 0. The summed E-state index contributed by atoms with van der Waals surface area (Å²) in [6.07, 6.45) is 0. The van der Waals surface area contributed by atoms with Crippen molar-refractivity contribution in [3.63, 3.8) is 0 Å². The van der Waals surface area contributed by atoms with Gasteiger partial charge in [-0.1, -0.05) is 41.9 Å². The van der Waals surface area contributed by atoms with Crippen LogP contribution < -0.4 is 0 Å². The lowest BCUT2D eigenvalue weighted by atomic mass is 9.89. The smallest absolute Gasteiger partial charge is 0.224 e. The Bertz CT molecular complexity index is 601. The van der Waals surface area contributed by atoms with Gasteiger partial charge in [-0.3, -0.25) is 0 Å². The lowest BCUT2D eigenvalue weighted by Crippen LogP contribution is -2.32. The SMILES string of the molecule is CN1Cc2c(Cl)nc(Cl)nc2C(c2ccccc2)C1. The minimum absolute atomic E-state index is 0.188. The van der Waals surface area contributed by atoms with Crippen LogP contribution in [0.25, 0.3) is 0 Å². The molecule has 0 radical (unpaired) electrons. The fourth-order valence-corrected chi connectivity index (χ4v) is 3.02. The highest BCUT2D eigenvalue weighted by Gasteiger charge is 2.28. The first-order chi connectivity index (χ1) is 9.15. The highest BCUT2D eigenvalue weighted by Crippen LogP contribution is 2.34. The van der Waals surface area contributed by atoms with Gasteiger partial charge in [-0.25, -0.2) is 9.97 Å². The van der Waals surface area contributed by atoms with Crippen LogP contribution in [0.2, 0.25) is 10.4 Å². The van der Waals surface area contributed by atoms with Gasteiger partial charge in [0, 0.05) is 24.6 Å². The molecule has 0 aliphatic carbocycles. The Balaban J connectivity index is 2.14. The maximum absolute atomic E-state index is 6.20. The first-order valence-electron chi connectivity index (χ1n) is 6.10. The summed E-state index contributed by atoms with van der Waals surface area (Å²) in [5.41, 5.74) is 3.16. The monoisotopic (exact) mass is 293 g/mol. The molecule has 1 aromatic carbocycles. The molecule has 5 heteroatoms. The number of halogens is 2. The van der Waals surface area contributed by atoms with Crippen LogP contribution in [0.3, 0.4) is 0 Å². The Hall–Kier alpha value is -1.16. The summed E-state index contributed by atoms with van der Waals surface area (Å²) in [4.78, 5) is 10.7. The third kappa shape index (κ3) is 2.46. The van der Waals surface area contributed by atoms with Crippen LogP contribution in [0.1, 0.15) is 22.7 Å². The zero-order valence-corrected chi connectivity index (χ0v) is 12.0. The number of rotatable bonds is 1. The van der Waals surface area contributed by atoms with Gasteiger partial charge in [0.1, 0.15) is 5.15 Å². The van der Waals surface area contributed by atoms with Gasteiger partial charge in [0.25, 0.3) is 0 Å². The maximum atomic E-state index is 6.20. The van der Waals surface area contributed by atoms with Gasteiger partial charge in [-0.05, 0) is 24.2 Å². The first kappa shape index (κ1) is 12.9. The number of hydrogen-bond donors (Lipinski definition) is 0.